The summed E-state index contributed by atoms with van der Waals surface area (Å²) in [6.45, 7) is 1.91. The van der Waals surface area contributed by atoms with Crippen molar-refractivity contribution in [2.24, 2.45) is 0 Å². The number of hydrogen-bond donors (Lipinski definition) is 1. The summed E-state index contributed by atoms with van der Waals surface area (Å²) in [4.78, 5) is 24.2. The van der Waals surface area contributed by atoms with Crippen LogP contribution < -0.4 is 10.1 Å². The van der Waals surface area contributed by atoms with Crippen molar-refractivity contribution < 1.29 is 23.5 Å². The van der Waals surface area contributed by atoms with Crippen molar-refractivity contribution in [2.45, 2.75) is 26.1 Å². The summed E-state index contributed by atoms with van der Waals surface area (Å²) >= 11 is 0. The number of esters is 1. The fourth-order valence-corrected chi connectivity index (χ4v) is 2.71. The molecule has 0 fully saturated rings. The topological polar surface area (TPSA) is 64.6 Å². The maximum atomic E-state index is 13.6. The van der Waals surface area contributed by atoms with Crippen LogP contribution in [0.5, 0.6) is 5.75 Å². The molecule has 1 amide bonds. The molecule has 5 nitrogen and oxygen atoms in total. The molecule has 0 aliphatic rings. The molecular weight excluding hydrogens is 385 g/mol. The molecular formula is C24H22FNO4. The molecule has 0 spiro atoms. The van der Waals surface area contributed by atoms with Gasteiger partial charge in [0, 0.05) is 5.69 Å². The molecule has 3 aromatic carbocycles. The quantitative estimate of drug-likeness (QED) is 0.558. The van der Waals surface area contributed by atoms with E-state index in [2.05, 4.69) is 5.32 Å². The number of ether oxygens (including phenoxy) is 2. The minimum Gasteiger partial charge on any atom is -0.489 e. The monoisotopic (exact) mass is 407 g/mol. The molecule has 0 heterocycles. The predicted octanol–water partition coefficient (Wildman–Crippen LogP) is 4.52. The van der Waals surface area contributed by atoms with Crippen LogP contribution in [0.4, 0.5) is 10.1 Å². The highest BCUT2D eigenvalue weighted by atomic mass is 19.1. The number of benzene rings is 3. The van der Waals surface area contributed by atoms with Gasteiger partial charge in [-0.3, -0.25) is 9.59 Å². The average Bonchev–Trinajstić information content (AvgIpc) is 2.75. The second-order valence-corrected chi connectivity index (χ2v) is 6.69. The molecule has 1 atom stereocenters. The first kappa shape index (κ1) is 21.0. The molecule has 6 heteroatoms. The highest BCUT2D eigenvalue weighted by Crippen LogP contribution is 2.17. The van der Waals surface area contributed by atoms with Crippen molar-refractivity contribution >= 4 is 17.6 Å². The maximum Gasteiger partial charge on any atom is 0.311 e. The Hall–Kier alpha value is -3.67. The molecule has 0 saturated heterocycles. The maximum absolute atomic E-state index is 13.6. The van der Waals surface area contributed by atoms with Gasteiger partial charge in [0.25, 0.3) is 5.91 Å². The summed E-state index contributed by atoms with van der Waals surface area (Å²) in [6.07, 6.45) is -1.25. The normalized spacial score (nSPS) is 11.4. The molecule has 154 valence electrons. The molecule has 0 saturated carbocycles. The van der Waals surface area contributed by atoms with Crippen molar-refractivity contribution in [2.75, 3.05) is 5.32 Å². The molecule has 0 aliphatic heterocycles. The van der Waals surface area contributed by atoms with E-state index < -0.39 is 23.8 Å². The van der Waals surface area contributed by atoms with Crippen LogP contribution in [0.3, 0.4) is 0 Å². The van der Waals surface area contributed by atoms with Gasteiger partial charge in [0.1, 0.15) is 18.2 Å². The van der Waals surface area contributed by atoms with E-state index in [-0.39, 0.29) is 12.0 Å². The summed E-state index contributed by atoms with van der Waals surface area (Å²) in [6, 6.07) is 22.6. The second-order valence-electron chi connectivity index (χ2n) is 6.69. The van der Waals surface area contributed by atoms with Crippen molar-refractivity contribution in [1.82, 2.24) is 0 Å². The minimum absolute atomic E-state index is 0.223. The fraction of sp³-hybridized carbons (Fsp3) is 0.167. The Morgan fingerprint density at radius 2 is 1.60 bits per heavy atom. The molecule has 0 radical (unpaired) electrons. The number of rotatable bonds is 8. The van der Waals surface area contributed by atoms with Gasteiger partial charge in [-0.25, -0.2) is 4.39 Å². The number of nitrogens with one attached hydrogen (secondary N) is 1. The lowest BCUT2D eigenvalue weighted by atomic mass is 10.1. The zero-order valence-electron chi connectivity index (χ0n) is 16.5. The first-order valence-electron chi connectivity index (χ1n) is 9.52. The van der Waals surface area contributed by atoms with Crippen molar-refractivity contribution in [3.05, 3.63) is 95.8 Å². The standard InChI is InChI=1S/C24H22FNO4/c1-17(30-23(27)15-19-9-5-6-10-22(19)25)24(28)26-20-11-13-21(14-12-20)29-16-18-7-3-2-4-8-18/h2-14,17H,15-16H2,1H3,(H,26,28). The minimum atomic E-state index is -1.02. The molecule has 30 heavy (non-hydrogen) atoms. The third kappa shape index (κ3) is 6.17. The van der Waals surface area contributed by atoms with Gasteiger partial charge in [0.05, 0.1) is 6.42 Å². The second kappa shape index (κ2) is 10.2. The lowest BCUT2D eigenvalue weighted by Crippen LogP contribution is -2.30. The molecule has 0 aliphatic carbocycles. The number of carbonyl (C=O) groups is 2. The van der Waals surface area contributed by atoms with Crippen molar-refractivity contribution in [3.63, 3.8) is 0 Å². The van der Waals surface area contributed by atoms with E-state index in [1.807, 2.05) is 30.3 Å². The number of amides is 1. The van der Waals surface area contributed by atoms with Gasteiger partial charge in [0.2, 0.25) is 0 Å². The van der Waals surface area contributed by atoms with Crippen LogP contribution in [0.15, 0.2) is 78.9 Å². The van der Waals surface area contributed by atoms with Gasteiger partial charge in [-0.2, -0.15) is 0 Å². The molecule has 0 aromatic heterocycles. The number of halogens is 1. The zero-order valence-corrected chi connectivity index (χ0v) is 16.5. The first-order valence-corrected chi connectivity index (χ1v) is 9.52. The van der Waals surface area contributed by atoms with E-state index in [4.69, 9.17) is 9.47 Å². The summed E-state index contributed by atoms with van der Waals surface area (Å²) < 4.78 is 24.4. The fourth-order valence-electron chi connectivity index (χ4n) is 2.71. The molecule has 1 N–H and O–H groups in total. The smallest absolute Gasteiger partial charge is 0.311 e. The molecule has 3 rings (SSSR count). The van der Waals surface area contributed by atoms with E-state index >= 15 is 0 Å². The molecule has 1 unspecified atom stereocenters. The third-order valence-corrected chi connectivity index (χ3v) is 4.34. The number of hydrogen-bond acceptors (Lipinski definition) is 4. The Kier molecular flexibility index (Phi) is 7.16. The van der Waals surface area contributed by atoms with Crippen LogP contribution in [-0.2, 0) is 27.4 Å². The molecule has 3 aromatic rings. The van der Waals surface area contributed by atoms with Crippen LogP contribution in [0.1, 0.15) is 18.1 Å². The van der Waals surface area contributed by atoms with Crippen LogP contribution in [-0.4, -0.2) is 18.0 Å². The third-order valence-electron chi connectivity index (χ3n) is 4.34. The van der Waals surface area contributed by atoms with E-state index in [0.29, 0.717) is 18.0 Å². The van der Waals surface area contributed by atoms with Gasteiger partial charge in [0.15, 0.2) is 6.10 Å². The van der Waals surface area contributed by atoms with Gasteiger partial charge < -0.3 is 14.8 Å². The summed E-state index contributed by atoms with van der Waals surface area (Å²) in [7, 11) is 0. The van der Waals surface area contributed by atoms with Crippen molar-refractivity contribution in [1.29, 1.82) is 0 Å². The van der Waals surface area contributed by atoms with E-state index in [1.165, 1.54) is 25.1 Å². The van der Waals surface area contributed by atoms with Crippen molar-refractivity contribution in [3.8, 4) is 5.75 Å². The lowest BCUT2D eigenvalue weighted by Gasteiger charge is -2.14. The van der Waals surface area contributed by atoms with E-state index in [0.717, 1.165) is 5.56 Å². The van der Waals surface area contributed by atoms with Crippen LogP contribution >= 0.6 is 0 Å². The van der Waals surface area contributed by atoms with Gasteiger partial charge in [-0.05, 0) is 48.4 Å². The Morgan fingerprint density at radius 3 is 2.30 bits per heavy atom. The van der Waals surface area contributed by atoms with Crippen LogP contribution in [0, 0.1) is 5.82 Å². The van der Waals surface area contributed by atoms with Gasteiger partial charge in [-0.15, -0.1) is 0 Å². The predicted molar refractivity (Wildman–Crippen MR) is 112 cm³/mol. The van der Waals surface area contributed by atoms with E-state index in [1.54, 1.807) is 30.3 Å². The number of anilines is 1. The average molecular weight is 407 g/mol. The Morgan fingerprint density at radius 1 is 0.933 bits per heavy atom. The van der Waals surface area contributed by atoms with Crippen LogP contribution in [0.2, 0.25) is 0 Å². The summed E-state index contributed by atoms with van der Waals surface area (Å²) in [5, 5.41) is 2.68. The SMILES string of the molecule is CC(OC(=O)Cc1ccccc1F)C(=O)Nc1ccc(OCc2ccccc2)cc1. The first-order chi connectivity index (χ1) is 14.5. The Labute approximate surface area is 174 Å². The Balaban J connectivity index is 1.47. The van der Waals surface area contributed by atoms with Gasteiger partial charge >= 0.3 is 5.97 Å². The van der Waals surface area contributed by atoms with Crippen LogP contribution in [0.25, 0.3) is 0 Å². The highest BCUT2D eigenvalue weighted by Gasteiger charge is 2.19. The number of carbonyl (C=O) groups excluding carboxylic acids is 2. The lowest BCUT2D eigenvalue weighted by molar-refractivity contribution is -0.152. The summed E-state index contributed by atoms with van der Waals surface area (Å²) in [5.41, 5.74) is 1.83. The molecule has 0 bridgehead atoms. The summed E-state index contributed by atoms with van der Waals surface area (Å²) in [5.74, 6) is -0.968. The highest BCUT2D eigenvalue weighted by molar-refractivity contribution is 5.95. The Bertz CT molecular complexity index is 990. The van der Waals surface area contributed by atoms with E-state index in [9.17, 15) is 14.0 Å². The zero-order chi connectivity index (χ0) is 21.3. The van der Waals surface area contributed by atoms with Gasteiger partial charge in [-0.1, -0.05) is 48.5 Å². The largest absolute Gasteiger partial charge is 0.489 e.